The number of pyridine rings is 1. The Balaban J connectivity index is 0.000000686. The Morgan fingerprint density at radius 2 is 2.06 bits per heavy atom. The molecular formula is C14H24N2O. The lowest BCUT2D eigenvalue weighted by Gasteiger charge is -2.31. The summed E-state index contributed by atoms with van der Waals surface area (Å²) in [6, 6.07) is 4.12. The summed E-state index contributed by atoms with van der Waals surface area (Å²) in [5, 5.41) is 12.4. The Labute approximate surface area is 104 Å². The van der Waals surface area contributed by atoms with Gasteiger partial charge >= 0.3 is 0 Å². The van der Waals surface area contributed by atoms with Crippen molar-refractivity contribution in [3.8, 4) is 0 Å². The first kappa shape index (κ1) is 14.0. The largest absolute Gasteiger partial charge is 0.393 e. The zero-order chi connectivity index (χ0) is 12.7. The van der Waals surface area contributed by atoms with Crippen LogP contribution in [0.5, 0.6) is 0 Å². The molecule has 0 amide bonds. The fraction of sp³-hybridized carbons (Fsp3) is 0.643. The number of aryl methyl sites for hydroxylation is 1. The molecule has 17 heavy (non-hydrogen) atoms. The highest BCUT2D eigenvalue weighted by molar-refractivity contribution is 5.35. The van der Waals surface area contributed by atoms with Crippen LogP contribution >= 0.6 is 0 Å². The molecule has 1 heterocycles. The molecule has 0 unspecified atom stereocenters. The number of aliphatic hydroxyl groups excluding tert-OH is 1. The molecule has 0 aliphatic heterocycles. The highest BCUT2D eigenvalue weighted by atomic mass is 16.3. The molecule has 0 bridgehead atoms. The lowest BCUT2D eigenvalue weighted by atomic mass is 9.82. The van der Waals surface area contributed by atoms with E-state index in [1.54, 1.807) is 0 Å². The molecule has 2 rings (SSSR count). The van der Waals surface area contributed by atoms with Gasteiger partial charge in [0.05, 0.1) is 6.10 Å². The van der Waals surface area contributed by atoms with Gasteiger partial charge in [-0.15, -0.1) is 0 Å². The van der Waals surface area contributed by atoms with Crippen LogP contribution in [0, 0.1) is 5.92 Å². The number of rotatable bonds is 4. The lowest BCUT2D eigenvalue weighted by Crippen LogP contribution is -2.33. The molecule has 1 saturated carbocycles. The van der Waals surface area contributed by atoms with E-state index in [-0.39, 0.29) is 6.10 Å². The fourth-order valence-electron chi connectivity index (χ4n) is 1.85. The lowest BCUT2D eigenvalue weighted by molar-refractivity contribution is 0.0486. The van der Waals surface area contributed by atoms with Crippen LogP contribution < -0.4 is 5.32 Å². The van der Waals surface area contributed by atoms with Crippen molar-refractivity contribution in [3.63, 3.8) is 0 Å². The molecule has 1 aromatic heterocycles. The molecule has 1 aliphatic carbocycles. The average Bonchev–Trinajstić information content (AvgIpc) is 2.36. The van der Waals surface area contributed by atoms with E-state index in [2.05, 4.69) is 23.3 Å². The van der Waals surface area contributed by atoms with Gasteiger partial charge in [0.1, 0.15) is 5.82 Å². The maximum Gasteiger partial charge on any atom is 0.125 e. The number of hydrogen-bond donors (Lipinski definition) is 2. The van der Waals surface area contributed by atoms with Crippen molar-refractivity contribution in [2.24, 2.45) is 5.92 Å². The number of nitrogens with one attached hydrogen (secondary N) is 1. The van der Waals surface area contributed by atoms with E-state index in [0.717, 1.165) is 31.6 Å². The first-order valence-corrected chi connectivity index (χ1v) is 6.64. The molecule has 96 valence electrons. The third-order valence-corrected chi connectivity index (χ3v) is 3.02. The Morgan fingerprint density at radius 1 is 1.35 bits per heavy atom. The van der Waals surface area contributed by atoms with Crippen LogP contribution in [-0.2, 0) is 6.42 Å². The third-order valence-electron chi connectivity index (χ3n) is 3.02. The van der Waals surface area contributed by atoms with Crippen molar-refractivity contribution in [1.29, 1.82) is 0 Å². The van der Waals surface area contributed by atoms with Gasteiger partial charge in [-0.25, -0.2) is 4.98 Å². The van der Waals surface area contributed by atoms with E-state index >= 15 is 0 Å². The van der Waals surface area contributed by atoms with Crippen molar-refractivity contribution in [3.05, 3.63) is 23.9 Å². The predicted octanol–water partition coefficient (Wildman–Crippen LogP) is 2.85. The van der Waals surface area contributed by atoms with Crippen LogP contribution in [-0.4, -0.2) is 22.7 Å². The van der Waals surface area contributed by atoms with E-state index in [9.17, 15) is 0 Å². The zero-order valence-corrected chi connectivity index (χ0v) is 11.1. The van der Waals surface area contributed by atoms with Crippen molar-refractivity contribution >= 4 is 5.82 Å². The molecule has 2 N–H and O–H groups in total. The van der Waals surface area contributed by atoms with Gasteiger partial charge in [0.15, 0.2) is 0 Å². The van der Waals surface area contributed by atoms with Crippen LogP contribution in [0.3, 0.4) is 0 Å². The third kappa shape index (κ3) is 4.35. The van der Waals surface area contributed by atoms with Crippen molar-refractivity contribution in [1.82, 2.24) is 4.98 Å². The smallest absolute Gasteiger partial charge is 0.125 e. The van der Waals surface area contributed by atoms with Crippen LogP contribution in [0.1, 0.15) is 39.2 Å². The molecular weight excluding hydrogens is 212 g/mol. The van der Waals surface area contributed by atoms with Crippen molar-refractivity contribution in [2.45, 2.75) is 46.1 Å². The monoisotopic (exact) mass is 236 g/mol. The number of aromatic nitrogens is 1. The highest BCUT2D eigenvalue weighted by Gasteiger charge is 2.26. The quantitative estimate of drug-likeness (QED) is 0.845. The molecule has 0 atom stereocenters. The van der Waals surface area contributed by atoms with Gasteiger partial charge in [0.25, 0.3) is 0 Å². The summed E-state index contributed by atoms with van der Waals surface area (Å²) in [6.07, 6.45) is 4.74. The molecule has 0 radical (unpaired) electrons. The van der Waals surface area contributed by atoms with Crippen molar-refractivity contribution < 1.29 is 5.11 Å². The summed E-state index contributed by atoms with van der Waals surface area (Å²) in [6.45, 7) is 7.05. The Morgan fingerprint density at radius 3 is 2.53 bits per heavy atom. The molecule has 1 aromatic rings. The van der Waals surface area contributed by atoms with E-state index in [1.165, 1.54) is 5.56 Å². The SMILES string of the molecule is CC.CCc1ccc(NCC2CC(O)C2)nc1. The van der Waals surface area contributed by atoms with Gasteiger partial charge in [-0.05, 0) is 36.8 Å². The molecule has 1 fully saturated rings. The second-order valence-electron chi connectivity index (χ2n) is 4.28. The van der Waals surface area contributed by atoms with Crippen LogP contribution in [0.15, 0.2) is 18.3 Å². The average molecular weight is 236 g/mol. The van der Waals surface area contributed by atoms with E-state index in [0.29, 0.717) is 5.92 Å². The van der Waals surface area contributed by atoms with Gasteiger partial charge in [-0.3, -0.25) is 0 Å². The fourth-order valence-corrected chi connectivity index (χ4v) is 1.85. The maximum atomic E-state index is 9.14. The van der Waals surface area contributed by atoms with Crippen LogP contribution in [0.4, 0.5) is 5.82 Å². The number of anilines is 1. The molecule has 0 aromatic carbocycles. The first-order valence-electron chi connectivity index (χ1n) is 6.64. The summed E-state index contributed by atoms with van der Waals surface area (Å²) < 4.78 is 0. The normalized spacial score (nSPS) is 22.1. The predicted molar refractivity (Wildman–Crippen MR) is 72.2 cm³/mol. The topological polar surface area (TPSA) is 45.1 Å². The van der Waals surface area contributed by atoms with Gasteiger partial charge < -0.3 is 10.4 Å². The Kier molecular flexibility index (Phi) is 5.98. The summed E-state index contributed by atoms with van der Waals surface area (Å²) in [5.41, 5.74) is 1.26. The Bertz CT molecular complexity index is 305. The van der Waals surface area contributed by atoms with Crippen molar-refractivity contribution in [2.75, 3.05) is 11.9 Å². The molecule has 0 saturated heterocycles. The van der Waals surface area contributed by atoms with Crippen LogP contribution in [0.25, 0.3) is 0 Å². The van der Waals surface area contributed by atoms with Gasteiger partial charge in [0.2, 0.25) is 0 Å². The van der Waals surface area contributed by atoms with E-state index in [4.69, 9.17) is 5.11 Å². The standard InChI is InChI=1S/C12H18N2O.C2H6/c1-2-9-3-4-12(13-7-9)14-8-10-5-11(15)6-10;1-2/h3-4,7,10-11,15H,2,5-6,8H2,1H3,(H,13,14);1-2H3. The number of hydrogen-bond acceptors (Lipinski definition) is 3. The summed E-state index contributed by atoms with van der Waals surface area (Å²) in [5.74, 6) is 1.56. The minimum absolute atomic E-state index is 0.0628. The molecule has 1 aliphatic rings. The van der Waals surface area contributed by atoms with E-state index in [1.807, 2.05) is 26.1 Å². The van der Waals surface area contributed by atoms with Gasteiger partial charge in [-0.2, -0.15) is 0 Å². The number of aliphatic hydroxyl groups is 1. The molecule has 0 spiro atoms. The van der Waals surface area contributed by atoms with E-state index < -0.39 is 0 Å². The highest BCUT2D eigenvalue weighted by Crippen LogP contribution is 2.26. The first-order chi connectivity index (χ1) is 8.28. The second kappa shape index (κ2) is 7.28. The number of nitrogens with zero attached hydrogens (tertiary/aromatic N) is 1. The summed E-state index contributed by atoms with van der Waals surface area (Å²) in [4.78, 5) is 4.33. The minimum atomic E-state index is -0.0628. The van der Waals surface area contributed by atoms with Gasteiger partial charge in [-0.1, -0.05) is 26.8 Å². The maximum absolute atomic E-state index is 9.14. The second-order valence-corrected chi connectivity index (χ2v) is 4.28. The molecule has 3 nitrogen and oxygen atoms in total. The zero-order valence-electron chi connectivity index (χ0n) is 11.1. The molecule has 3 heteroatoms. The van der Waals surface area contributed by atoms with Gasteiger partial charge in [0, 0.05) is 12.7 Å². The van der Waals surface area contributed by atoms with Crippen LogP contribution in [0.2, 0.25) is 0 Å². The Hall–Kier alpha value is -1.09. The summed E-state index contributed by atoms with van der Waals surface area (Å²) in [7, 11) is 0. The minimum Gasteiger partial charge on any atom is -0.393 e. The summed E-state index contributed by atoms with van der Waals surface area (Å²) >= 11 is 0.